The molecule has 0 radical (unpaired) electrons. The minimum absolute atomic E-state index is 0. The zero-order chi connectivity index (χ0) is 26.6. The van der Waals surface area contributed by atoms with E-state index in [0.717, 1.165) is 41.4 Å². The monoisotopic (exact) mass is 504 g/mol. The van der Waals surface area contributed by atoms with Crippen molar-refractivity contribution in [3.63, 3.8) is 0 Å². The molecule has 0 aromatic heterocycles. The molecule has 4 aliphatic rings. The maximum absolute atomic E-state index is 7.29. The lowest BCUT2D eigenvalue weighted by Crippen LogP contribution is -2.68. The molecule has 0 spiro atoms. The average Bonchev–Trinajstić information content (AvgIpc) is 3.17. The van der Waals surface area contributed by atoms with Gasteiger partial charge in [-0.05, 0) is 117 Å². The molecule has 4 fully saturated rings. The first-order valence-electron chi connectivity index (χ1n) is 15.9. The molecule has 1 heteroatoms. The van der Waals surface area contributed by atoms with E-state index in [1.165, 1.54) is 82.6 Å². The van der Waals surface area contributed by atoms with Gasteiger partial charge in [0, 0.05) is 5.54 Å². The van der Waals surface area contributed by atoms with Crippen molar-refractivity contribution in [1.82, 2.24) is 0 Å². The minimum atomic E-state index is 0. The van der Waals surface area contributed by atoms with Crippen molar-refractivity contribution >= 4 is 0 Å². The quantitative estimate of drug-likeness (QED) is 0.371. The number of nitrogens with two attached hydrogens (primary N) is 1. The first kappa shape index (κ1) is 33.7. The van der Waals surface area contributed by atoms with Crippen LogP contribution in [0.5, 0.6) is 0 Å². The molecule has 4 rings (SSSR count). The summed E-state index contributed by atoms with van der Waals surface area (Å²) in [6.45, 7) is 27.6. The SMILES string of the molecule is C.C=C(C)CCC(C)C1CCC2C3C(CCC12C)C1(C)CC[C@@H](C)CC1(N)C[C@H]3C.CC.CCCC. The van der Waals surface area contributed by atoms with Gasteiger partial charge in [0.2, 0.25) is 0 Å². The molecule has 0 aliphatic heterocycles. The Balaban J connectivity index is 0.000000845. The molecular weight excluding hydrogens is 434 g/mol. The Morgan fingerprint density at radius 3 is 2.11 bits per heavy atom. The zero-order valence-electron chi connectivity index (χ0n) is 25.8. The summed E-state index contributed by atoms with van der Waals surface area (Å²) in [6, 6.07) is 0. The molecule has 0 saturated heterocycles. The van der Waals surface area contributed by atoms with Crippen molar-refractivity contribution in [2.45, 2.75) is 159 Å². The van der Waals surface area contributed by atoms with E-state index in [-0.39, 0.29) is 13.0 Å². The lowest BCUT2D eigenvalue weighted by molar-refractivity contribution is -0.153. The number of hydrogen-bond acceptors (Lipinski definition) is 1. The van der Waals surface area contributed by atoms with Crippen molar-refractivity contribution < 1.29 is 0 Å². The predicted molar refractivity (Wildman–Crippen MR) is 164 cm³/mol. The van der Waals surface area contributed by atoms with E-state index in [1.807, 2.05) is 13.8 Å². The molecule has 0 aromatic carbocycles. The first-order chi connectivity index (χ1) is 16.4. The molecule has 36 heavy (non-hydrogen) atoms. The number of rotatable bonds is 5. The van der Waals surface area contributed by atoms with Gasteiger partial charge < -0.3 is 5.73 Å². The molecule has 8 unspecified atom stereocenters. The number of unbranched alkanes of at least 4 members (excludes halogenated alkanes) is 1. The van der Waals surface area contributed by atoms with Crippen LogP contribution in [0.15, 0.2) is 12.2 Å². The van der Waals surface area contributed by atoms with Crippen LogP contribution in [-0.4, -0.2) is 5.54 Å². The molecule has 0 heterocycles. The zero-order valence-corrected chi connectivity index (χ0v) is 25.8. The molecule has 4 aliphatic carbocycles. The van der Waals surface area contributed by atoms with Crippen LogP contribution in [0.25, 0.3) is 0 Å². The van der Waals surface area contributed by atoms with Gasteiger partial charge in [-0.15, -0.1) is 6.58 Å². The van der Waals surface area contributed by atoms with Gasteiger partial charge in [-0.3, -0.25) is 0 Å². The molecule has 1 nitrogen and oxygen atoms in total. The van der Waals surface area contributed by atoms with E-state index in [1.54, 1.807) is 0 Å². The third-order valence-corrected chi connectivity index (χ3v) is 11.8. The summed E-state index contributed by atoms with van der Waals surface area (Å²) >= 11 is 0. The molecule has 0 bridgehead atoms. The fourth-order valence-corrected chi connectivity index (χ4v) is 9.72. The summed E-state index contributed by atoms with van der Waals surface area (Å²) < 4.78 is 0. The van der Waals surface area contributed by atoms with Crippen LogP contribution >= 0.6 is 0 Å². The van der Waals surface area contributed by atoms with Crippen molar-refractivity contribution in [3.8, 4) is 0 Å². The summed E-state index contributed by atoms with van der Waals surface area (Å²) in [6.07, 6.45) is 16.3. The normalized spacial score (nSPS) is 43.6. The highest BCUT2D eigenvalue weighted by molar-refractivity contribution is 5.17. The predicted octanol–water partition coefficient (Wildman–Crippen LogP) is 11.1. The molecule has 4 saturated carbocycles. The first-order valence-corrected chi connectivity index (χ1v) is 15.9. The Morgan fingerprint density at radius 2 is 1.56 bits per heavy atom. The van der Waals surface area contributed by atoms with Crippen LogP contribution in [0.4, 0.5) is 0 Å². The van der Waals surface area contributed by atoms with Gasteiger partial charge in [0.15, 0.2) is 0 Å². The summed E-state index contributed by atoms with van der Waals surface area (Å²) in [5.41, 5.74) is 9.68. The number of hydrogen-bond donors (Lipinski definition) is 1. The van der Waals surface area contributed by atoms with Crippen LogP contribution < -0.4 is 5.73 Å². The van der Waals surface area contributed by atoms with Crippen molar-refractivity contribution in [1.29, 1.82) is 0 Å². The third-order valence-electron chi connectivity index (χ3n) is 11.8. The summed E-state index contributed by atoms with van der Waals surface area (Å²) in [7, 11) is 0. The van der Waals surface area contributed by atoms with Gasteiger partial charge in [0.25, 0.3) is 0 Å². The van der Waals surface area contributed by atoms with Crippen LogP contribution in [0.1, 0.15) is 154 Å². The van der Waals surface area contributed by atoms with E-state index in [0.29, 0.717) is 10.8 Å². The molecule has 0 aromatic rings. The average molecular weight is 504 g/mol. The Bertz CT molecular complexity index is 666. The second-order valence-corrected chi connectivity index (χ2v) is 14.1. The Morgan fingerprint density at radius 1 is 0.944 bits per heavy atom. The number of fused-ring (bicyclic) bond motifs is 5. The van der Waals surface area contributed by atoms with Crippen LogP contribution in [-0.2, 0) is 0 Å². The van der Waals surface area contributed by atoms with Gasteiger partial charge >= 0.3 is 0 Å². The van der Waals surface area contributed by atoms with E-state index in [4.69, 9.17) is 5.73 Å². The Kier molecular flexibility index (Phi) is 12.8. The van der Waals surface area contributed by atoms with Gasteiger partial charge in [-0.2, -0.15) is 0 Å². The Labute approximate surface area is 229 Å². The second-order valence-electron chi connectivity index (χ2n) is 14.1. The van der Waals surface area contributed by atoms with Gasteiger partial charge in [0.05, 0.1) is 0 Å². The van der Waals surface area contributed by atoms with Crippen LogP contribution in [0.2, 0.25) is 0 Å². The highest BCUT2D eigenvalue weighted by Gasteiger charge is 2.65. The van der Waals surface area contributed by atoms with Gasteiger partial charge in [0.1, 0.15) is 0 Å². The number of allylic oxidation sites excluding steroid dienone is 1. The van der Waals surface area contributed by atoms with Crippen molar-refractivity contribution in [3.05, 3.63) is 12.2 Å². The summed E-state index contributed by atoms with van der Waals surface area (Å²) in [5.74, 6) is 6.11. The molecule has 10 atom stereocenters. The maximum atomic E-state index is 7.29. The highest BCUT2D eigenvalue weighted by Crippen LogP contribution is 2.70. The Hall–Kier alpha value is -0.300. The fraction of sp³-hybridized carbons (Fsp3) is 0.943. The van der Waals surface area contributed by atoms with Crippen molar-refractivity contribution in [2.24, 2.45) is 58.0 Å². The van der Waals surface area contributed by atoms with Crippen LogP contribution in [0, 0.1) is 52.3 Å². The van der Waals surface area contributed by atoms with Gasteiger partial charge in [-0.25, -0.2) is 0 Å². The third kappa shape index (κ3) is 6.29. The fourth-order valence-electron chi connectivity index (χ4n) is 9.72. The minimum Gasteiger partial charge on any atom is -0.325 e. The van der Waals surface area contributed by atoms with Crippen LogP contribution in [0.3, 0.4) is 0 Å². The molecule has 214 valence electrons. The second kappa shape index (κ2) is 13.7. The highest BCUT2D eigenvalue weighted by atomic mass is 14.9. The molecule has 0 amide bonds. The lowest BCUT2D eigenvalue weighted by Gasteiger charge is -2.67. The van der Waals surface area contributed by atoms with E-state index in [9.17, 15) is 0 Å². The maximum Gasteiger partial charge on any atom is 0.0216 e. The smallest absolute Gasteiger partial charge is 0.0216 e. The topological polar surface area (TPSA) is 26.0 Å². The lowest BCUT2D eigenvalue weighted by atomic mass is 9.40. The van der Waals surface area contributed by atoms with E-state index < -0.39 is 0 Å². The summed E-state index contributed by atoms with van der Waals surface area (Å²) in [5, 5.41) is 0. The molecule has 2 N–H and O–H groups in total. The van der Waals surface area contributed by atoms with E-state index in [2.05, 4.69) is 62.0 Å². The summed E-state index contributed by atoms with van der Waals surface area (Å²) in [4.78, 5) is 0. The van der Waals surface area contributed by atoms with Gasteiger partial charge in [-0.1, -0.05) is 94.6 Å². The molecular formula is C35H69N. The largest absolute Gasteiger partial charge is 0.325 e. The standard InChI is InChI=1S/C28H49N.C4H10.C2H6.CH4/c1-18(2)8-9-20(4)22-10-11-23-25-21(5)17-28(29)16-19(3)12-15-27(28,7)24(25)13-14-26(22,23)6;1-3-4-2;1-2;/h19-25H,1,8-17,29H2,2-7H3;3-4H2,1-2H3;1-2H3;1H4/t19-,20?,21-,22?,23?,24?,25?,26?,27?,28?;;;/m1.../s1. The van der Waals surface area contributed by atoms with Crippen molar-refractivity contribution in [2.75, 3.05) is 0 Å². The van der Waals surface area contributed by atoms with E-state index >= 15 is 0 Å².